The summed E-state index contributed by atoms with van der Waals surface area (Å²) in [5, 5.41) is 15.3. The van der Waals surface area contributed by atoms with Crippen LogP contribution in [-0.2, 0) is 26.1 Å². The van der Waals surface area contributed by atoms with E-state index in [-0.39, 0.29) is 30.1 Å². The Hall–Kier alpha value is -2.04. The van der Waals surface area contributed by atoms with E-state index in [9.17, 15) is 0 Å². The van der Waals surface area contributed by atoms with Gasteiger partial charge < -0.3 is 24.7 Å². The SMILES string of the molecule is CN=C(NCc1cccc(OC)c1OC1CCCC1)NCc1nnc2n1CCC2.I. The molecule has 0 spiro atoms. The zero-order chi connectivity index (χ0) is 20.1. The van der Waals surface area contributed by atoms with Gasteiger partial charge in [-0.1, -0.05) is 12.1 Å². The number of benzene rings is 1. The van der Waals surface area contributed by atoms with Gasteiger partial charge >= 0.3 is 0 Å². The average Bonchev–Trinajstić information content (AvgIpc) is 3.48. The van der Waals surface area contributed by atoms with Crippen LogP contribution in [0.2, 0.25) is 0 Å². The highest BCUT2D eigenvalue weighted by Crippen LogP contribution is 2.34. The van der Waals surface area contributed by atoms with Crippen molar-refractivity contribution in [3.63, 3.8) is 0 Å². The van der Waals surface area contributed by atoms with Gasteiger partial charge in [-0.25, -0.2) is 0 Å². The highest BCUT2D eigenvalue weighted by molar-refractivity contribution is 14.0. The molecule has 0 amide bonds. The van der Waals surface area contributed by atoms with Gasteiger partial charge in [0.05, 0.1) is 19.8 Å². The number of aromatic nitrogens is 3. The number of aryl methyl sites for hydroxylation is 1. The van der Waals surface area contributed by atoms with Crippen LogP contribution in [0.5, 0.6) is 11.5 Å². The lowest BCUT2D eigenvalue weighted by atomic mass is 10.1. The molecule has 8 nitrogen and oxygen atoms in total. The van der Waals surface area contributed by atoms with Crippen molar-refractivity contribution in [2.45, 2.75) is 64.3 Å². The van der Waals surface area contributed by atoms with Gasteiger partial charge in [0.2, 0.25) is 0 Å². The summed E-state index contributed by atoms with van der Waals surface area (Å²) in [5.41, 5.74) is 1.06. The van der Waals surface area contributed by atoms with E-state index in [0.29, 0.717) is 13.1 Å². The second-order valence-electron chi connectivity index (χ2n) is 7.54. The molecular formula is C21H31IN6O2. The van der Waals surface area contributed by atoms with E-state index in [1.807, 2.05) is 12.1 Å². The standard InChI is InChI=1S/C21H30N6O2.HI/c1-22-21(24-14-19-26-25-18-11-6-12-27(18)19)23-13-15-7-5-10-17(28-2)20(15)29-16-8-3-4-9-16;/h5,7,10,16H,3-4,6,8-9,11-14H2,1-2H3,(H2,22,23,24);1H. The number of halogens is 1. The van der Waals surface area contributed by atoms with Crippen LogP contribution in [0.4, 0.5) is 0 Å². The first kappa shape index (κ1) is 22.6. The van der Waals surface area contributed by atoms with Gasteiger partial charge in [0.1, 0.15) is 5.82 Å². The van der Waals surface area contributed by atoms with E-state index >= 15 is 0 Å². The van der Waals surface area contributed by atoms with Crippen molar-refractivity contribution in [3.8, 4) is 11.5 Å². The Balaban J connectivity index is 0.00000256. The van der Waals surface area contributed by atoms with Gasteiger partial charge in [0, 0.05) is 32.1 Å². The molecule has 164 valence electrons. The molecule has 4 rings (SSSR count). The third-order valence-corrected chi connectivity index (χ3v) is 5.64. The molecule has 0 bridgehead atoms. The van der Waals surface area contributed by atoms with Crippen molar-refractivity contribution >= 4 is 29.9 Å². The third kappa shape index (κ3) is 5.16. The van der Waals surface area contributed by atoms with Crippen LogP contribution in [-0.4, -0.2) is 41.0 Å². The van der Waals surface area contributed by atoms with Crippen LogP contribution in [0.15, 0.2) is 23.2 Å². The lowest BCUT2D eigenvalue weighted by Crippen LogP contribution is -2.37. The highest BCUT2D eigenvalue weighted by atomic mass is 127. The van der Waals surface area contributed by atoms with Crippen molar-refractivity contribution < 1.29 is 9.47 Å². The molecule has 1 saturated carbocycles. The van der Waals surface area contributed by atoms with Crippen LogP contribution in [0.3, 0.4) is 0 Å². The van der Waals surface area contributed by atoms with Gasteiger partial charge in [-0.05, 0) is 38.2 Å². The van der Waals surface area contributed by atoms with E-state index in [4.69, 9.17) is 9.47 Å². The Morgan fingerprint density at radius 1 is 1.17 bits per heavy atom. The molecular weight excluding hydrogens is 495 g/mol. The molecule has 0 unspecified atom stereocenters. The van der Waals surface area contributed by atoms with Crippen molar-refractivity contribution in [1.29, 1.82) is 0 Å². The number of rotatable bonds is 7. The van der Waals surface area contributed by atoms with Crippen LogP contribution in [0, 0.1) is 0 Å². The maximum absolute atomic E-state index is 6.32. The first-order chi connectivity index (χ1) is 14.3. The molecule has 1 fully saturated rings. The molecule has 2 N–H and O–H groups in total. The topological polar surface area (TPSA) is 85.6 Å². The smallest absolute Gasteiger partial charge is 0.191 e. The summed E-state index contributed by atoms with van der Waals surface area (Å²) in [7, 11) is 3.45. The highest BCUT2D eigenvalue weighted by Gasteiger charge is 2.21. The number of fused-ring (bicyclic) bond motifs is 1. The fraction of sp³-hybridized carbons (Fsp3) is 0.571. The molecule has 30 heavy (non-hydrogen) atoms. The van der Waals surface area contributed by atoms with Crippen molar-refractivity contribution in [3.05, 3.63) is 35.4 Å². The number of methoxy groups -OCH3 is 1. The van der Waals surface area contributed by atoms with Crippen molar-refractivity contribution in [1.82, 2.24) is 25.4 Å². The number of ether oxygens (including phenoxy) is 2. The Morgan fingerprint density at radius 3 is 2.73 bits per heavy atom. The molecule has 9 heteroatoms. The predicted octanol–water partition coefficient (Wildman–Crippen LogP) is 3.04. The molecule has 1 aliphatic heterocycles. The molecule has 2 heterocycles. The van der Waals surface area contributed by atoms with Gasteiger partial charge in [0.15, 0.2) is 23.3 Å². The van der Waals surface area contributed by atoms with Crippen molar-refractivity contribution in [2.24, 2.45) is 4.99 Å². The third-order valence-electron chi connectivity index (χ3n) is 5.64. The summed E-state index contributed by atoms with van der Waals surface area (Å²) in [4.78, 5) is 4.34. The molecule has 0 atom stereocenters. The van der Waals surface area contributed by atoms with Crippen molar-refractivity contribution in [2.75, 3.05) is 14.2 Å². The van der Waals surface area contributed by atoms with E-state index in [1.165, 1.54) is 12.8 Å². The van der Waals surface area contributed by atoms with E-state index in [0.717, 1.165) is 66.9 Å². The summed E-state index contributed by atoms with van der Waals surface area (Å²) < 4.78 is 14.1. The second-order valence-corrected chi connectivity index (χ2v) is 7.54. The molecule has 1 aromatic heterocycles. The summed E-state index contributed by atoms with van der Waals surface area (Å²) in [6.45, 7) is 2.18. The molecule has 0 saturated heterocycles. The summed E-state index contributed by atoms with van der Waals surface area (Å²) >= 11 is 0. The maximum atomic E-state index is 6.32. The molecule has 0 radical (unpaired) electrons. The van der Waals surface area contributed by atoms with E-state index in [1.54, 1.807) is 14.2 Å². The van der Waals surface area contributed by atoms with E-state index in [2.05, 4.69) is 36.5 Å². The minimum atomic E-state index is 0. The number of guanidine groups is 1. The van der Waals surface area contributed by atoms with Gasteiger partial charge in [0.25, 0.3) is 0 Å². The Labute approximate surface area is 194 Å². The number of hydrogen-bond donors (Lipinski definition) is 2. The van der Waals surface area contributed by atoms with Gasteiger partial charge in [-0.2, -0.15) is 0 Å². The minimum Gasteiger partial charge on any atom is -0.493 e. The molecule has 2 aliphatic rings. The number of nitrogens with zero attached hydrogens (tertiary/aromatic N) is 4. The van der Waals surface area contributed by atoms with Crippen LogP contribution >= 0.6 is 24.0 Å². The largest absolute Gasteiger partial charge is 0.493 e. The lowest BCUT2D eigenvalue weighted by Gasteiger charge is -2.20. The normalized spacial score (nSPS) is 16.1. The quantitative estimate of drug-likeness (QED) is 0.328. The first-order valence-electron chi connectivity index (χ1n) is 10.5. The Bertz CT molecular complexity index is 863. The average molecular weight is 526 g/mol. The first-order valence-corrected chi connectivity index (χ1v) is 10.5. The molecule has 1 aliphatic carbocycles. The Morgan fingerprint density at radius 2 is 1.97 bits per heavy atom. The number of aliphatic imine (C=N–C) groups is 1. The van der Waals surface area contributed by atoms with Crippen LogP contribution in [0.25, 0.3) is 0 Å². The summed E-state index contributed by atoms with van der Waals surface area (Å²) in [6, 6.07) is 6.01. The fourth-order valence-electron chi connectivity index (χ4n) is 4.07. The van der Waals surface area contributed by atoms with Gasteiger partial charge in [-0.3, -0.25) is 4.99 Å². The van der Waals surface area contributed by atoms with Crippen LogP contribution < -0.4 is 20.1 Å². The number of hydrogen-bond acceptors (Lipinski definition) is 5. The maximum Gasteiger partial charge on any atom is 0.191 e. The fourth-order valence-corrected chi connectivity index (χ4v) is 4.07. The number of para-hydroxylation sites is 1. The lowest BCUT2D eigenvalue weighted by molar-refractivity contribution is 0.198. The van der Waals surface area contributed by atoms with Crippen LogP contribution in [0.1, 0.15) is 49.3 Å². The summed E-state index contributed by atoms with van der Waals surface area (Å²) in [5.74, 6) is 4.36. The Kier molecular flexibility index (Phi) is 8.17. The number of nitrogens with one attached hydrogen (secondary N) is 2. The monoisotopic (exact) mass is 526 g/mol. The summed E-state index contributed by atoms with van der Waals surface area (Å²) in [6.07, 6.45) is 7.11. The van der Waals surface area contributed by atoms with Gasteiger partial charge in [-0.15, -0.1) is 34.2 Å². The predicted molar refractivity (Wildman–Crippen MR) is 127 cm³/mol. The zero-order valence-electron chi connectivity index (χ0n) is 17.7. The van der Waals surface area contributed by atoms with E-state index < -0.39 is 0 Å². The zero-order valence-corrected chi connectivity index (χ0v) is 20.0. The molecule has 1 aromatic carbocycles. The molecule has 2 aromatic rings. The minimum absolute atomic E-state index is 0. The second kappa shape index (κ2) is 10.8.